The summed E-state index contributed by atoms with van der Waals surface area (Å²) in [5, 5.41) is 0. The average molecular weight is 443 g/mol. The van der Waals surface area contributed by atoms with E-state index in [0.29, 0.717) is 37.7 Å². The second kappa shape index (κ2) is 10.6. The highest BCUT2D eigenvalue weighted by atomic mass is 19.1. The molecule has 3 nitrogen and oxygen atoms in total. The van der Waals surface area contributed by atoms with Crippen molar-refractivity contribution in [1.29, 1.82) is 0 Å². The van der Waals surface area contributed by atoms with Crippen LogP contribution in [0.2, 0.25) is 0 Å². The van der Waals surface area contributed by atoms with E-state index >= 15 is 0 Å². The molecule has 1 saturated heterocycles. The number of amides is 1. The average Bonchev–Trinajstić information content (AvgIpc) is 3.11. The molecule has 174 valence electrons. The van der Waals surface area contributed by atoms with Crippen LogP contribution >= 0.6 is 0 Å². The Balaban J connectivity index is 1.86. The van der Waals surface area contributed by atoms with E-state index in [1.54, 1.807) is 18.2 Å². The second-order valence-electron chi connectivity index (χ2n) is 10.0. The molecule has 3 rings (SSSR count). The molecule has 0 aromatic heterocycles. The molecule has 5 heteroatoms. The number of likely N-dealkylation sites (tertiary alicyclic amines) is 1. The number of carbonyl (C=O) groups excluding carboxylic acids is 1. The van der Waals surface area contributed by atoms with Crippen LogP contribution in [-0.2, 0) is 11.3 Å². The Bertz CT molecular complexity index is 928. The SMILES string of the molecule is Cc1ccc(F)c(CN2C[C@H](CN(CC(C)C)C(=O)C(C)C)[C@H](c3cccc(F)c3)C2)c1. The summed E-state index contributed by atoms with van der Waals surface area (Å²) < 4.78 is 28.4. The first-order valence-electron chi connectivity index (χ1n) is 11.7. The van der Waals surface area contributed by atoms with Gasteiger partial charge in [0.25, 0.3) is 0 Å². The number of halogens is 2. The Morgan fingerprint density at radius 3 is 2.50 bits per heavy atom. The molecule has 1 amide bonds. The Kier molecular flexibility index (Phi) is 8.05. The van der Waals surface area contributed by atoms with Crippen molar-refractivity contribution in [2.24, 2.45) is 17.8 Å². The maximum absolute atomic E-state index is 14.4. The molecule has 0 radical (unpaired) electrons. The van der Waals surface area contributed by atoms with E-state index in [1.807, 2.05) is 37.8 Å². The third kappa shape index (κ3) is 6.16. The smallest absolute Gasteiger partial charge is 0.225 e. The molecule has 0 unspecified atom stereocenters. The number of nitrogens with zero attached hydrogens (tertiary/aromatic N) is 2. The van der Waals surface area contributed by atoms with Crippen molar-refractivity contribution in [2.75, 3.05) is 26.2 Å². The van der Waals surface area contributed by atoms with Crippen LogP contribution in [0.1, 0.15) is 50.3 Å². The van der Waals surface area contributed by atoms with Gasteiger partial charge in [0.05, 0.1) is 0 Å². The van der Waals surface area contributed by atoms with Gasteiger partial charge in [0.15, 0.2) is 0 Å². The first kappa shape index (κ1) is 24.4. The molecule has 2 aromatic rings. The van der Waals surface area contributed by atoms with Crippen molar-refractivity contribution in [3.8, 4) is 0 Å². The Hall–Kier alpha value is -2.27. The highest BCUT2D eigenvalue weighted by Gasteiger charge is 2.36. The van der Waals surface area contributed by atoms with Gasteiger partial charge in [-0.05, 0) is 42.5 Å². The number of rotatable bonds is 8. The molecule has 2 aromatic carbocycles. The normalized spacial score (nSPS) is 19.2. The molecule has 0 bridgehead atoms. The van der Waals surface area contributed by atoms with Crippen molar-refractivity contribution in [3.05, 3.63) is 70.8 Å². The van der Waals surface area contributed by atoms with Crippen LogP contribution < -0.4 is 0 Å². The third-order valence-corrected chi connectivity index (χ3v) is 6.23. The number of benzene rings is 2. The standard InChI is InChI=1S/C27H36F2N2O/c1-18(2)13-31(27(32)19(3)4)16-23-15-30(14-22-11-20(5)9-10-26(22)29)17-25(23)21-7-6-8-24(28)12-21/h6-12,18-19,23,25H,13-17H2,1-5H3/t23-,25+/m1/s1. The Labute approximate surface area is 191 Å². The monoisotopic (exact) mass is 442 g/mol. The molecule has 32 heavy (non-hydrogen) atoms. The lowest BCUT2D eigenvalue weighted by Gasteiger charge is -2.31. The van der Waals surface area contributed by atoms with Gasteiger partial charge in [-0.3, -0.25) is 9.69 Å². The lowest BCUT2D eigenvalue weighted by molar-refractivity contribution is -0.135. The van der Waals surface area contributed by atoms with Crippen LogP contribution in [0.25, 0.3) is 0 Å². The fraction of sp³-hybridized carbons (Fsp3) is 0.519. The first-order chi connectivity index (χ1) is 15.1. The van der Waals surface area contributed by atoms with Gasteiger partial charge in [-0.2, -0.15) is 0 Å². The number of carbonyl (C=O) groups is 1. The highest BCUT2D eigenvalue weighted by molar-refractivity contribution is 5.78. The molecule has 0 aliphatic carbocycles. The van der Waals surface area contributed by atoms with Crippen LogP contribution in [0, 0.1) is 36.3 Å². The Morgan fingerprint density at radius 1 is 1.09 bits per heavy atom. The highest BCUT2D eigenvalue weighted by Crippen LogP contribution is 2.35. The van der Waals surface area contributed by atoms with Gasteiger partial charge in [-0.25, -0.2) is 8.78 Å². The number of aryl methyl sites for hydroxylation is 1. The summed E-state index contributed by atoms with van der Waals surface area (Å²) in [6.45, 7) is 13.4. The lowest BCUT2D eigenvalue weighted by atomic mass is 9.88. The van der Waals surface area contributed by atoms with Crippen LogP contribution in [0.4, 0.5) is 8.78 Å². The van der Waals surface area contributed by atoms with Crippen LogP contribution in [-0.4, -0.2) is 41.9 Å². The summed E-state index contributed by atoms with van der Waals surface area (Å²) in [6.07, 6.45) is 0. The van der Waals surface area contributed by atoms with E-state index in [1.165, 1.54) is 12.1 Å². The fourth-order valence-electron chi connectivity index (χ4n) is 4.80. The summed E-state index contributed by atoms with van der Waals surface area (Å²) in [5.41, 5.74) is 2.66. The maximum atomic E-state index is 14.4. The quantitative estimate of drug-likeness (QED) is 0.529. The summed E-state index contributed by atoms with van der Waals surface area (Å²) >= 11 is 0. The van der Waals surface area contributed by atoms with Gasteiger partial charge >= 0.3 is 0 Å². The topological polar surface area (TPSA) is 23.6 Å². The zero-order valence-corrected chi connectivity index (χ0v) is 19.9. The van der Waals surface area contributed by atoms with Gasteiger partial charge in [0.1, 0.15) is 11.6 Å². The molecule has 0 N–H and O–H groups in total. The van der Waals surface area contributed by atoms with Gasteiger partial charge < -0.3 is 4.90 Å². The van der Waals surface area contributed by atoms with Crippen LogP contribution in [0.5, 0.6) is 0 Å². The van der Waals surface area contributed by atoms with Crippen molar-refractivity contribution in [3.63, 3.8) is 0 Å². The van der Waals surface area contributed by atoms with E-state index in [4.69, 9.17) is 0 Å². The molecule has 0 saturated carbocycles. The molecule has 1 heterocycles. The predicted octanol–water partition coefficient (Wildman–Crippen LogP) is 5.63. The molecule has 0 spiro atoms. The zero-order valence-electron chi connectivity index (χ0n) is 19.9. The third-order valence-electron chi connectivity index (χ3n) is 6.23. The maximum Gasteiger partial charge on any atom is 0.225 e. The van der Waals surface area contributed by atoms with E-state index in [-0.39, 0.29) is 35.3 Å². The van der Waals surface area contributed by atoms with Gasteiger partial charge in [0, 0.05) is 50.1 Å². The lowest BCUT2D eigenvalue weighted by Crippen LogP contribution is -2.41. The van der Waals surface area contributed by atoms with Crippen molar-refractivity contribution < 1.29 is 13.6 Å². The van der Waals surface area contributed by atoms with Gasteiger partial charge in [-0.15, -0.1) is 0 Å². The molecular formula is C27H36F2N2O. The molecule has 2 atom stereocenters. The van der Waals surface area contributed by atoms with Crippen molar-refractivity contribution in [2.45, 2.75) is 47.1 Å². The van der Waals surface area contributed by atoms with Gasteiger partial charge in [0.2, 0.25) is 5.91 Å². The van der Waals surface area contributed by atoms with E-state index in [2.05, 4.69) is 18.7 Å². The van der Waals surface area contributed by atoms with E-state index in [0.717, 1.165) is 17.7 Å². The largest absolute Gasteiger partial charge is 0.342 e. The second-order valence-corrected chi connectivity index (χ2v) is 10.0. The fourth-order valence-corrected chi connectivity index (χ4v) is 4.80. The Morgan fingerprint density at radius 2 is 1.84 bits per heavy atom. The van der Waals surface area contributed by atoms with Crippen LogP contribution in [0.3, 0.4) is 0 Å². The van der Waals surface area contributed by atoms with E-state index < -0.39 is 0 Å². The minimum Gasteiger partial charge on any atom is -0.342 e. The minimum absolute atomic E-state index is 0.0692. The number of hydrogen-bond acceptors (Lipinski definition) is 2. The summed E-state index contributed by atoms with van der Waals surface area (Å²) in [6, 6.07) is 12.0. The van der Waals surface area contributed by atoms with Crippen molar-refractivity contribution in [1.82, 2.24) is 9.80 Å². The summed E-state index contributed by atoms with van der Waals surface area (Å²) in [5.74, 6) is 0.253. The number of hydrogen-bond donors (Lipinski definition) is 0. The first-order valence-corrected chi connectivity index (χ1v) is 11.7. The molecule has 1 fully saturated rings. The molecule has 1 aliphatic heterocycles. The van der Waals surface area contributed by atoms with Crippen molar-refractivity contribution >= 4 is 5.91 Å². The van der Waals surface area contributed by atoms with Gasteiger partial charge in [-0.1, -0.05) is 57.5 Å². The minimum atomic E-state index is -0.248. The van der Waals surface area contributed by atoms with Crippen LogP contribution in [0.15, 0.2) is 42.5 Å². The summed E-state index contributed by atoms with van der Waals surface area (Å²) in [7, 11) is 0. The van der Waals surface area contributed by atoms with E-state index in [9.17, 15) is 13.6 Å². The predicted molar refractivity (Wildman–Crippen MR) is 125 cm³/mol. The summed E-state index contributed by atoms with van der Waals surface area (Å²) in [4.78, 5) is 17.1. The molecular weight excluding hydrogens is 406 g/mol. The molecule has 1 aliphatic rings. The zero-order chi connectivity index (χ0) is 23.4.